The summed E-state index contributed by atoms with van der Waals surface area (Å²) >= 11 is 0. The number of hydrogen-bond acceptors (Lipinski definition) is 4. The molecule has 1 saturated heterocycles. The number of likely N-dealkylation sites (tertiary alicyclic amines) is 1. The highest BCUT2D eigenvalue weighted by molar-refractivity contribution is 5.93. The van der Waals surface area contributed by atoms with E-state index < -0.39 is 17.9 Å². The van der Waals surface area contributed by atoms with Crippen molar-refractivity contribution in [3.8, 4) is 0 Å². The second kappa shape index (κ2) is 3.96. The molecule has 1 fully saturated rings. The number of rotatable bonds is 2. The monoisotopic (exact) mass is 224 g/mol. The van der Waals surface area contributed by atoms with Crippen molar-refractivity contribution in [1.82, 2.24) is 9.88 Å². The van der Waals surface area contributed by atoms with Crippen molar-refractivity contribution in [3.05, 3.63) is 17.8 Å². The van der Waals surface area contributed by atoms with E-state index in [2.05, 4.69) is 4.98 Å². The van der Waals surface area contributed by atoms with E-state index in [9.17, 15) is 9.59 Å². The zero-order valence-corrected chi connectivity index (χ0v) is 8.84. The van der Waals surface area contributed by atoms with E-state index in [1.165, 1.54) is 11.1 Å². The topological polar surface area (TPSA) is 83.6 Å². The summed E-state index contributed by atoms with van der Waals surface area (Å²) in [6.07, 6.45) is 2.63. The molecule has 1 aromatic rings. The van der Waals surface area contributed by atoms with Crippen LogP contribution in [0.15, 0.2) is 10.6 Å². The molecule has 2 heterocycles. The van der Waals surface area contributed by atoms with Gasteiger partial charge >= 0.3 is 11.9 Å². The molecule has 6 heteroatoms. The van der Waals surface area contributed by atoms with Crippen LogP contribution in [0.5, 0.6) is 0 Å². The molecule has 0 bridgehead atoms. The molecule has 0 aromatic carbocycles. The van der Waals surface area contributed by atoms with Crippen LogP contribution in [-0.2, 0) is 4.79 Å². The molecule has 0 unspecified atom stereocenters. The quantitative estimate of drug-likeness (QED) is 0.798. The average Bonchev–Trinajstić information content (AvgIpc) is 2.84. The summed E-state index contributed by atoms with van der Waals surface area (Å²) in [6, 6.07) is -0.750. The zero-order valence-electron chi connectivity index (χ0n) is 8.84. The van der Waals surface area contributed by atoms with Crippen LogP contribution < -0.4 is 0 Å². The molecule has 1 aliphatic rings. The average molecular weight is 224 g/mol. The number of aliphatic carboxylic acids is 1. The summed E-state index contributed by atoms with van der Waals surface area (Å²) in [5.41, 5.74) is 0. The van der Waals surface area contributed by atoms with Gasteiger partial charge in [-0.2, -0.15) is 0 Å². The minimum atomic E-state index is -0.978. The minimum Gasteiger partial charge on any atom is -0.480 e. The van der Waals surface area contributed by atoms with Gasteiger partial charge in [-0.3, -0.25) is 4.79 Å². The number of amides is 1. The molecule has 1 atom stereocenters. The molecular formula is C10H12N2O4. The maximum atomic E-state index is 11.9. The van der Waals surface area contributed by atoms with Crippen LogP contribution in [0.3, 0.4) is 0 Å². The Morgan fingerprint density at radius 2 is 2.38 bits per heavy atom. The third kappa shape index (κ3) is 1.78. The van der Waals surface area contributed by atoms with E-state index in [-0.39, 0.29) is 5.89 Å². The fourth-order valence-electron chi connectivity index (χ4n) is 1.84. The summed E-state index contributed by atoms with van der Waals surface area (Å²) in [5.74, 6) is -0.924. The zero-order chi connectivity index (χ0) is 11.7. The molecule has 0 aliphatic carbocycles. The van der Waals surface area contributed by atoms with E-state index in [1.807, 2.05) is 0 Å². The molecule has 1 amide bonds. The molecule has 2 rings (SSSR count). The third-order valence-electron chi connectivity index (χ3n) is 2.60. The van der Waals surface area contributed by atoms with E-state index in [1.54, 1.807) is 6.92 Å². The summed E-state index contributed by atoms with van der Waals surface area (Å²) in [7, 11) is 0. The molecule has 1 N–H and O–H groups in total. The fourth-order valence-corrected chi connectivity index (χ4v) is 1.84. The van der Waals surface area contributed by atoms with Crippen molar-refractivity contribution in [1.29, 1.82) is 0 Å². The van der Waals surface area contributed by atoms with Crippen molar-refractivity contribution >= 4 is 11.9 Å². The number of aromatic nitrogens is 1. The Bertz CT molecular complexity index is 426. The fraction of sp³-hybridized carbons (Fsp3) is 0.500. The number of carbonyl (C=O) groups is 2. The van der Waals surface area contributed by atoms with Gasteiger partial charge < -0.3 is 14.4 Å². The molecule has 1 aliphatic heterocycles. The molecule has 6 nitrogen and oxygen atoms in total. The highest BCUT2D eigenvalue weighted by atomic mass is 16.4. The summed E-state index contributed by atoms with van der Waals surface area (Å²) in [5, 5.41) is 8.94. The first kappa shape index (κ1) is 10.7. The molecule has 16 heavy (non-hydrogen) atoms. The maximum absolute atomic E-state index is 11.9. The van der Waals surface area contributed by atoms with Crippen LogP contribution in [0, 0.1) is 6.92 Å². The Morgan fingerprint density at radius 1 is 1.62 bits per heavy atom. The van der Waals surface area contributed by atoms with Crippen molar-refractivity contribution in [3.63, 3.8) is 0 Å². The van der Waals surface area contributed by atoms with Gasteiger partial charge in [-0.1, -0.05) is 0 Å². The molecule has 1 aromatic heterocycles. The normalized spacial score (nSPS) is 20.1. The smallest absolute Gasteiger partial charge is 0.326 e. The van der Waals surface area contributed by atoms with Crippen molar-refractivity contribution in [2.24, 2.45) is 0 Å². The molecule has 0 saturated carbocycles. The Morgan fingerprint density at radius 3 is 2.94 bits per heavy atom. The third-order valence-corrected chi connectivity index (χ3v) is 2.60. The Labute approximate surface area is 91.9 Å². The second-order valence-corrected chi connectivity index (χ2v) is 3.77. The molecule has 86 valence electrons. The van der Waals surface area contributed by atoms with Crippen LogP contribution >= 0.6 is 0 Å². The summed E-state index contributed by atoms with van der Waals surface area (Å²) < 4.78 is 5.09. The van der Waals surface area contributed by atoms with Crippen molar-refractivity contribution in [2.75, 3.05) is 6.54 Å². The lowest BCUT2D eigenvalue weighted by Gasteiger charge is -2.19. The van der Waals surface area contributed by atoms with Crippen LogP contribution in [0.1, 0.15) is 29.3 Å². The highest BCUT2D eigenvalue weighted by Crippen LogP contribution is 2.20. The SMILES string of the molecule is Cc1cnc(C(=O)N2CCC[C@H]2C(=O)O)o1. The predicted molar refractivity (Wildman–Crippen MR) is 52.9 cm³/mol. The Kier molecular flexibility index (Phi) is 2.64. The van der Waals surface area contributed by atoms with Crippen LogP contribution in [-0.4, -0.2) is 39.5 Å². The Balaban J connectivity index is 2.18. The predicted octanol–water partition coefficient (Wildman–Crippen LogP) is 0.672. The van der Waals surface area contributed by atoms with Crippen molar-refractivity contribution < 1.29 is 19.1 Å². The van der Waals surface area contributed by atoms with Gasteiger partial charge in [0.25, 0.3) is 5.89 Å². The summed E-state index contributed by atoms with van der Waals surface area (Å²) in [4.78, 5) is 27.9. The molecular weight excluding hydrogens is 212 g/mol. The number of hydrogen-bond donors (Lipinski definition) is 1. The van der Waals surface area contributed by atoms with Gasteiger partial charge in [0, 0.05) is 6.54 Å². The number of nitrogens with zero attached hydrogens (tertiary/aromatic N) is 2. The van der Waals surface area contributed by atoms with Gasteiger partial charge in [-0.25, -0.2) is 9.78 Å². The number of oxazole rings is 1. The molecule has 0 spiro atoms. The standard InChI is InChI=1S/C10H12N2O4/c1-6-5-11-8(16-6)9(13)12-4-2-3-7(12)10(14)15/h5,7H,2-4H2,1H3,(H,14,15)/t7-/m0/s1. The molecule has 0 radical (unpaired) electrons. The lowest BCUT2D eigenvalue weighted by atomic mass is 10.2. The lowest BCUT2D eigenvalue weighted by Crippen LogP contribution is -2.40. The van der Waals surface area contributed by atoms with Crippen LogP contribution in [0.4, 0.5) is 0 Å². The Hall–Kier alpha value is -1.85. The second-order valence-electron chi connectivity index (χ2n) is 3.77. The van der Waals surface area contributed by atoms with Crippen molar-refractivity contribution in [2.45, 2.75) is 25.8 Å². The number of carboxylic acid groups (broad SMARTS) is 1. The first-order valence-corrected chi connectivity index (χ1v) is 5.06. The van der Waals surface area contributed by atoms with Gasteiger partial charge in [0.05, 0.1) is 6.20 Å². The largest absolute Gasteiger partial charge is 0.480 e. The minimum absolute atomic E-state index is 0.0364. The van der Waals surface area contributed by atoms with Gasteiger partial charge in [0.1, 0.15) is 11.8 Å². The van der Waals surface area contributed by atoms with E-state index in [0.717, 1.165) is 0 Å². The van der Waals surface area contributed by atoms with Gasteiger partial charge in [0.2, 0.25) is 0 Å². The van der Waals surface area contributed by atoms with Gasteiger partial charge in [-0.15, -0.1) is 0 Å². The number of carboxylic acids is 1. The van der Waals surface area contributed by atoms with E-state index >= 15 is 0 Å². The van der Waals surface area contributed by atoms with Crippen LogP contribution in [0.25, 0.3) is 0 Å². The van der Waals surface area contributed by atoms with E-state index in [0.29, 0.717) is 25.1 Å². The number of aryl methyl sites for hydroxylation is 1. The summed E-state index contributed by atoms with van der Waals surface area (Å²) in [6.45, 7) is 2.12. The first-order valence-electron chi connectivity index (χ1n) is 5.06. The van der Waals surface area contributed by atoms with E-state index in [4.69, 9.17) is 9.52 Å². The van der Waals surface area contributed by atoms with Gasteiger partial charge in [-0.05, 0) is 19.8 Å². The number of carbonyl (C=O) groups excluding carboxylic acids is 1. The first-order chi connectivity index (χ1) is 7.59. The van der Waals surface area contributed by atoms with Crippen LogP contribution in [0.2, 0.25) is 0 Å². The maximum Gasteiger partial charge on any atom is 0.326 e. The highest BCUT2D eigenvalue weighted by Gasteiger charge is 2.36. The van der Waals surface area contributed by atoms with Gasteiger partial charge in [0.15, 0.2) is 0 Å². The lowest BCUT2D eigenvalue weighted by molar-refractivity contribution is -0.141.